The van der Waals surface area contributed by atoms with Gasteiger partial charge in [0.15, 0.2) is 0 Å². The standard InChI is InChI=1S/C24H45N/c1-2-3-4-5-6-7-8-9-10-11-12-13-14-15-16-17-18-19-20-24-21-22-25-23-24/h21-23,25H,2-20H2,1H3. The first-order chi connectivity index (χ1) is 12.4. The summed E-state index contributed by atoms with van der Waals surface area (Å²) in [6, 6.07) is 2.20. The first kappa shape index (κ1) is 22.3. The predicted molar refractivity (Wildman–Crippen MR) is 113 cm³/mol. The van der Waals surface area contributed by atoms with E-state index < -0.39 is 0 Å². The van der Waals surface area contributed by atoms with Gasteiger partial charge in [0, 0.05) is 12.4 Å². The lowest BCUT2D eigenvalue weighted by atomic mass is 10.0. The van der Waals surface area contributed by atoms with Gasteiger partial charge in [0.2, 0.25) is 0 Å². The van der Waals surface area contributed by atoms with Gasteiger partial charge in [0.1, 0.15) is 0 Å². The number of H-pyrrole nitrogens is 1. The van der Waals surface area contributed by atoms with E-state index in [0.717, 1.165) is 0 Å². The maximum Gasteiger partial charge on any atom is 0.00373 e. The van der Waals surface area contributed by atoms with Crippen LogP contribution in [0.5, 0.6) is 0 Å². The van der Waals surface area contributed by atoms with Gasteiger partial charge in [-0.15, -0.1) is 0 Å². The third kappa shape index (κ3) is 15.3. The number of hydrogen-bond acceptors (Lipinski definition) is 0. The highest BCUT2D eigenvalue weighted by Crippen LogP contribution is 2.14. The molecule has 0 unspecified atom stereocenters. The molecule has 1 aromatic rings. The second-order valence-electron chi connectivity index (χ2n) is 7.98. The maximum atomic E-state index is 3.14. The van der Waals surface area contributed by atoms with Gasteiger partial charge in [-0.1, -0.05) is 116 Å². The molecule has 1 aromatic heterocycles. The molecule has 1 N–H and O–H groups in total. The normalized spacial score (nSPS) is 11.2. The second kappa shape index (κ2) is 18.1. The summed E-state index contributed by atoms with van der Waals surface area (Å²) in [5.41, 5.74) is 1.47. The number of nitrogens with one attached hydrogen (secondary N) is 1. The fourth-order valence-corrected chi connectivity index (χ4v) is 3.74. The largest absolute Gasteiger partial charge is 0.367 e. The van der Waals surface area contributed by atoms with E-state index in [1.165, 1.54) is 128 Å². The van der Waals surface area contributed by atoms with Crippen LogP contribution < -0.4 is 0 Å². The van der Waals surface area contributed by atoms with E-state index in [0.29, 0.717) is 0 Å². The molecule has 0 spiro atoms. The van der Waals surface area contributed by atoms with Crippen LogP contribution in [0.4, 0.5) is 0 Å². The van der Waals surface area contributed by atoms with Gasteiger partial charge in [-0.3, -0.25) is 0 Å². The highest BCUT2D eigenvalue weighted by molar-refractivity contribution is 5.07. The van der Waals surface area contributed by atoms with Crippen molar-refractivity contribution < 1.29 is 0 Å². The van der Waals surface area contributed by atoms with Crippen LogP contribution in [0.2, 0.25) is 0 Å². The lowest BCUT2D eigenvalue weighted by Gasteiger charge is -2.04. The van der Waals surface area contributed by atoms with Crippen LogP contribution in [0.1, 0.15) is 128 Å². The average molecular weight is 348 g/mol. The molecule has 0 saturated heterocycles. The molecule has 0 bridgehead atoms. The zero-order valence-corrected chi connectivity index (χ0v) is 17.2. The van der Waals surface area contributed by atoms with Crippen LogP contribution >= 0.6 is 0 Å². The SMILES string of the molecule is CCCCCCCCCCCCCCCCCCCCc1cc[nH]c1. The zero-order chi connectivity index (χ0) is 17.8. The number of aromatic nitrogens is 1. The average Bonchev–Trinajstić information content (AvgIpc) is 3.14. The zero-order valence-electron chi connectivity index (χ0n) is 17.2. The van der Waals surface area contributed by atoms with E-state index in [1.807, 2.05) is 6.20 Å². The predicted octanol–water partition coefficient (Wildman–Crippen LogP) is 8.60. The number of rotatable bonds is 19. The van der Waals surface area contributed by atoms with Crippen LogP contribution in [0.3, 0.4) is 0 Å². The summed E-state index contributed by atoms with van der Waals surface area (Å²) < 4.78 is 0. The van der Waals surface area contributed by atoms with Crippen LogP contribution in [-0.2, 0) is 6.42 Å². The molecule has 146 valence electrons. The first-order valence-electron chi connectivity index (χ1n) is 11.5. The van der Waals surface area contributed by atoms with E-state index in [2.05, 4.69) is 24.2 Å². The summed E-state index contributed by atoms with van der Waals surface area (Å²) in [4.78, 5) is 3.14. The van der Waals surface area contributed by atoms with Gasteiger partial charge in [-0.2, -0.15) is 0 Å². The molecule has 0 amide bonds. The highest BCUT2D eigenvalue weighted by Gasteiger charge is 1.96. The Kier molecular flexibility index (Phi) is 16.1. The van der Waals surface area contributed by atoms with Crippen molar-refractivity contribution in [1.29, 1.82) is 0 Å². The summed E-state index contributed by atoms with van der Waals surface area (Å²) in [5, 5.41) is 0. The van der Waals surface area contributed by atoms with Gasteiger partial charge in [-0.25, -0.2) is 0 Å². The van der Waals surface area contributed by atoms with Gasteiger partial charge in [-0.05, 0) is 24.5 Å². The number of aryl methyl sites for hydroxylation is 1. The molecule has 1 heteroatoms. The van der Waals surface area contributed by atoms with Gasteiger partial charge in [0.05, 0.1) is 0 Å². The molecule has 0 aliphatic rings. The third-order valence-corrected chi connectivity index (χ3v) is 5.48. The Balaban J connectivity index is 1.65. The molecule has 0 aliphatic heterocycles. The monoisotopic (exact) mass is 347 g/mol. The van der Waals surface area contributed by atoms with Gasteiger partial charge in [0.25, 0.3) is 0 Å². The highest BCUT2D eigenvalue weighted by atomic mass is 14.6. The lowest BCUT2D eigenvalue weighted by molar-refractivity contribution is 0.525. The molecule has 0 aliphatic carbocycles. The molecule has 1 heterocycles. The molecule has 0 atom stereocenters. The Morgan fingerprint density at radius 1 is 0.560 bits per heavy atom. The van der Waals surface area contributed by atoms with Crippen molar-refractivity contribution in [3.8, 4) is 0 Å². The molecular formula is C24H45N. The first-order valence-corrected chi connectivity index (χ1v) is 11.5. The molecule has 0 radical (unpaired) electrons. The molecule has 0 fully saturated rings. The van der Waals surface area contributed by atoms with Crippen molar-refractivity contribution in [3.63, 3.8) is 0 Å². The van der Waals surface area contributed by atoms with E-state index >= 15 is 0 Å². The smallest absolute Gasteiger partial charge is 0.00373 e. The summed E-state index contributed by atoms with van der Waals surface area (Å²) in [6.07, 6.45) is 31.6. The Hall–Kier alpha value is -0.720. The topological polar surface area (TPSA) is 15.8 Å². The molecule has 0 saturated carbocycles. The van der Waals surface area contributed by atoms with Crippen LogP contribution in [0.15, 0.2) is 18.5 Å². The van der Waals surface area contributed by atoms with Crippen molar-refractivity contribution in [3.05, 3.63) is 24.0 Å². The van der Waals surface area contributed by atoms with Crippen LogP contribution in [0.25, 0.3) is 0 Å². The Bertz CT molecular complexity index is 341. The second-order valence-corrected chi connectivity index (χ2v) is 7.98. The number of aromatic amines is 1. The minimum absolute atomic E-state index is 1.25. The Labute approximate surface area is 158 Å². The number of unbranched alkanes of at least 4 members (excludes halogenated alkanes) is 17. The summed E-state index contributed by atoms with van der Waals surface area (Å²) >= 11 is 0. The van der Waals surface area contributed by atoms with Crippen LogP contribution in [0, 0.1) is 0 Å². The summed E-state index contributed by atoms with van der Waals surface area (Å²) in [7, 11) is 0. The third-order valence-electron chi connectivity index (χ3n) is 5.48. The maximum absolute atomic E-state index is 3.14. The summed E-state index contributed by atoms with van der Waals surface area (Å²) in [5.74, 6) is 0. The van der Waals surface area contributed by atoms with Gasteiger partial charge >= 0.3 is 0 Å². The summed E-state index contributed by atoms with van der Waals surface area (Å²) in [6.45, 7) is 2.30. The Morgan fingerprint density at radius 2 is 0.960 bits per heavy atom. The van der Waals surface area contributed by atoms with Crippen LogP contribution in [-0.4, -0.2) is 4.98 Å². The minimum Gasteiger partial charge on any atom is -0.367 e. The quantitative estimate of drug-likeness (QED) is 0.241. The van der Waals surface area contributed by atoms with Crippen molar-refractivity contribution in [2.24, 2.45) is 0 Å². The fraction of sp³-hybridized carbons (Fsp3) is 0.833. The number of hydrogen-bond donors (Lipinski definition) is 1. The van der Waals surface area contributed by atoms with E-state index in [9.17, 15) is 0 Å². The lowest BCUT2D eigenvalue weighted by Crippen LogP contribution is -1.85. The van der Waals surface area contributed by atoms with Crippen molar-refractivity contribution >= 4 is 0 Å². The fourth-order valence-electron chi connectivity index (χ4n) is 3.74. The molecule has 1 rings (SSSR count). The van der Waals surface area contributed by atoms with Crippen molar-refractivity contribution in [2.45, 2.75) is 129 Å². The molecule has 25 heavy (non-hydrogen) atoms. The molecule has 0 aromatic carbocycles. The van der Waals surface area contributed by atoms with E-state index in [1.54, 1.807) is 0 Å². The Morgan fingerprint density at radius 3 is 1.32 bits per heavy atom. The van der Waals surface area contributed by atoms with Gasteiger partial charge < -0.3 is 4.98 Å². The van der Waals surface area contributed by atoms with E-state index in [4.69, 9.17) is 0 Å². The molecule has 1 nitrogen and oxygen atoms in total. The van der Waals surface area contributed by atoms with E-state index in [-0.39, 0.29) is 0 Å². The van der Waals surface area contributed by atoms with Crippen molar-refractivity contribution in [1.82, 2.24) is 4.98 Å². The van der Waals surface area contributed by atoms with Crippen molar-refractivity contribution in [2.75, 3.05) is 0 Å². The molecular weight excluding hydrogens is 302 g/mol. The minimum atomic E-state index is 1.25.